The molecule has 0 unspecified atom stereocenters. The quantitative estimate of drug-likeness (QED) is 0.347. The van der Waals surface area contributed by atoms with Crippen LogP contribution in [0.1, 0.15) is 25.3 Å². The maximum Gasteiger partial charge on any atom is 0.200 e. The van der Waals surface area contributed by atoms with Gasteiger partial charge in [0.05, 0.1) is 16.7 Å². The van der Waals surface area contributed by atoms with E-state index < -0.39 is 0 Å². The van der Waals surface area contributed by atoms with Gasteiger partial charge in [0.2, 0.25) is 5.06 Å². The van der Waals surface area contributed by atoms with Gasteiger partial charge in [-0.3, -0.25) is 0 Å². The van der Waals surface area contributed by atoms with E-state index in [9.17, 15) is 0 Å². The second-order valence-electron chi connectivity index (χ2n) is 6.54. The van der Waals surface area contributed by atoms with Crippen LogP contribution in [0.4, 0.5) is 0 Å². The van der Waals surface area contributed by atoms with Crippen LogP contribution in [-0.4, -0.2) is 4.98 Å². The van der Waals surface area contributed by atoms with Crippen LogP contribution in [-0.2, 0) is 0 Å². The first-order valence-electron chi connectivity index (χ1n) is 8.66. The molecule has 4 aromatic rings. The molecule has 0 aliphatic carbocycles. The fourth-order valence-corrected chi connectivity index (χ4v) is 3.49. The van der Waals surface area contributed by atoms with E-state index in [2.05, 4.69) is 43.1 Å². The van der Waals surface area contributed by atoms with E-state index in [0.29, 0.717) is 22.4 Å². The Hall–Kier alpha value is -2.56. The number of rotatable bonds is 5. The van der Waals surface area contributed by atoms with E-state index >= 15 is 0 Å². The minimum atomic E-state index is 0.493. The SMILES string of the molecule is CC(C)c1ccc2cc(Oc3ccc(Oc4cncs4)cc3Cl)ccc2c1. The van der Waals surface area contributed by atoms with Crippen LogP contribution in [0, 0.1) is 0 Å². The lowest BCUT2D eigenvalue weighted by atomic mass is 9.99. The first-order chi connectivity index (χ1) is 13.1. The van der Waals surface area contributed by atoms with Gasteiger partial charge in [0.15, 0.2) is 0 Å². The maximum atomic E-state index is 6.38. The Morgan fingerprint density at radius 2 is 1.63 bits per heavy atom. The zero-order chi connectivity index (χ0) is 18.8. The lowest BCUT2D eigenvalue weighted by Crippen LogP contribution is -1.89. The van der Waals surface area contributed by atoms with Crippen molar-refractivity contribution in [3.8, 4) is 22.3 Å². The van der Waals surface area contributed by atoms with Crippen molar-refractivity contribution in [2.24, 2.45) is 0 Å². The summed E-state index contributed by atoms with van der Waals surface area (Å²) in [4.78, 5) is 3.99. The Morgan fingerprint density at radius 3 is 2.37 bits per heavy atom. The summed E-state index contributed by atoms with van der Waals surface area (Å²) < 4.78 is 11.7. The topological polar surface area (TPSA) is 31.4 Å². The fraction of sp³-hybridized carbons (Fsp3) is 0.136. The molecule has 0 atom stereocenters. The highest BCUT2D eigenvalue weighted by atomic mass is 35.5. The van der Waals surface area contributed by atoms with Gasteiger partial charge in [-0.15, -0.1) is 0 Å². The third-order valence-corrected chi connectivity index (χ3v) is 5.21. The minimum absolute atomic E-state index is 0.493. The molecule has 136 valence electrons. The largest absolute Gasteiger partial charge is 0.456 e. The summed E-state index contributed by atoms with van der Waals surface area (Å²) in [5, 5.41) is 3.55. The van der Waals surface area contributed by atoms with Crippen molar-refractivity contribution in [2.45, 2.75) is 19.8 Å². The van der Waals surface area contributed by atoms with Gasteiger partial charge >= 0.3 is 0 Å². The Labute approximate surface area is 167 Å². The molecule has 0 N–H and O–H groups in total. The highest BCUT2D eigenvalue weighted by molar-refractivity contribution is 7.11. The van der Waals surface area contributed by atoms with Crippen molar-refractivity contribution in [2.75, 3.05) is 0 Å². The summed E-state index contributed by atoms with van der Waals surface area (Å²) in [6.07, 6.45) is 1.67. The first kappa shape index (κ1) is 17.8. The third kappa shape index (κ3) is 4.07. The molecule has 0 fully saturated rings. The molecule has 0 saturated carbocycles. The van der Waals surface area contributed by atoms with Gasteiger partial charge in [0.1, 0.15) is 17.2 Å². The summed E-state index contributed by atoms with van der Waals surface area (Å²) in [6.45, 7) is 4.39. The molecule has 0 amide bonds. The lowest BCUT2D eigenvalue weighted by Gasteiger charge is -2.11. The van der Waals surface area contributed by atoms with Crippen molar-refractivity contribution in [3.63, 3.8) is 0 Å². The Bertz CT molecular complexity index is 1080. The number of halogens is 1. The summed E-state index contributed by atoms with van der Waals surface area (Å²) in [7, 11) is 0. The summed E-state index contributed by atoms with van der Waals surface area (Å²) in [6, 6.07) is 18.0. The zero-order valence-electron chi connectivity index (χ0n) is 15.0. The molecule has 3 nitrogen and oxygen atoms in total. The van der Waals surface area contributed by atoms with Crippen molar-refractivity contribution >= 4 is 33.7 Å². The van der Waals surface area contributed by atoms with Gasteiger partial charge in [0.25, 0.3) is 0 Å². The predicted molar refractivity (Wildman–Crippen MR) is 112 cm³/mol. The van der Waals surface area contributed by atoms with Crippen LogP contribution in [0.5, 0.6) is 22.3 Å². The van der Waals surface area contributed by atoms with Gasteiger partial charge in [-0.05, 0) is 46.5 Å². The average molecular weight is 396 g/mol. The van der Waals surface area contributed by atoms with Gasteiger partial charge in [-0.25, -0.2) is 4.98 Å². The summed E-state index contributed by atoms with van der Waals surface area (Å²) in [5.41, 5.74) is 3.05. The zero-order valence-corrected chi connectivity index (χ0v) is 16.6. The van der Waals surface area contributed by atoms with E-state index in [1.54, 1.807) is 17.8 Å². The second-order valence-corrected chi connectivity index (χ2v) is 7.80. The molecular formula is C22H18ClNO2S. The monoisotopic (exact) mass is 395 g/mol. The predicted octanol–water partition coefficient (Wildman–Crippen LogP) is 7.66. The number of benzene rings is 3. The van der Waals surface area contributed by atoms with Crippen molar-refractivity contribution in [3.05, 3.63) is 76.9 Å². The van der Waals surface area contributed by atoms with Crippen LogP contribution in [0.25, 0.3) is 10.8 Å². The fourth-order valence-electron chi connectivity index (χ4n) is 2.79. The molecule has 1 aromatic heterocycles. The number of hydrogen-bond donors (Lipinski definition) is 0. The Morgan fingerprint density at radius 1 is 0.889 bits per heavy atom. The second kappa shape index (κ2) is 7.59. The molecular weight excluding hydrogens is 378 g/mol. The van der Waals surface area contributed by atoms with E-state index in [0.717, 1.165) is 16.2 Å². The standard InChI is InChI=1S/C22H18ClNO2S/c1-14(2)15-3-4-17-10-18(6-5-16(17)9-15)25-21-8-7-19(11-20(21)23)26-22-12-24-13-27-22/h3-14H,1-2H3. The molecule has 1 heterocycles. The van der Waals surface area contributed by atoms with Gasteiger partial charge in [-0.1, -0.05) is 61.1 Å². The van der Waals surface area contributed by atoms with Crippen LogP contribution < -0.4 is 9.47 Å². The number of thiazole rings is 1. The molecule has 5 heteroatoms. The lowest BCUT2D eigenvalue weighted by molar-refractivity contribution is 0.475. The summed E-state index contributed by atoms with van der Waals surface area (Å²) in [5.74, 6) is 2.50. The van der Waals surface area contributed by atoms with Crippen LogP contribution in [0.3, 0.4) is 0 Å². The van der Waals surface area contributed by atoms with E-state index in [1.807, 2.05) is 24.3 Å². The average Bonchev–Trinajstić information content (AvgIpc) is 3.16. The highest BCUT2D eigenvalue weighted by Crippen LogP contribution is 2.35. The molecule has 4 rings (SSSR count). The smallest absolute Gasteiger partial charge is 0.200 e. The normalized spacial score (nSPS) is 11.1. The van der Waals surface area contributed by atoms with Crippen LogP contribution in [0.2, 0.25) is 5.02 Å². The number of fused-ring (bicyclic) bond motifs is 1. The van der Waals surface area contributed by atoms with Gasteiger partial charge in [0, 0.05) is 6.07 Å². The van der Waals surface area contributed by atoms with Crippen molar-refractivity contribution in [1.82, 2.24) is 4.98 Å². The summed E-state index contributed by atoms with van der Waals surface area (Å²) >= 11 is 7.80. The van der Waals surface area contributed by atoms with Crippen LogP contribution >= 0.6 is 22.9 Å². The third-order valence-electron chi connectivity index (χ3n) is 4.26. The molecule has 27 heavy (non-hydrogen) atoms. The van der Waals surface area contributed by atoms with Gasteiger partial charge < -0.3 is 9.47 Å². The minimum Gasteiger partial charge on any atom is -0.456 e. The molecule has 0 aliphatic rings. The number of ether oxygens (including phenoxy) is 2. The molecule has 3 aromatic carbocycles. The van der Waals surface area contributed by atoms with Crippen molar-refractivity contribution < 1.29 is 9.47 Å². The highest BCUT2D eigenvalue weighted by Gasteiger charge is 2.08. The maximum absolute atomic E-state index is 6.38. The molecule has 0 radical (unpaired) electrons. The molecule has 0 spiro atoms. The van der Waals surface area contributed by atoms with Crippen LogP contribution in [0.15, 0.2) is 66.3 Å². The molecule has 0 bridgehead atoms. The molecule has 0 saturated heterocycles. The van der Waals surface area contributed by atoms with Gasteiger partial charge in [-0.2, -0.15) is 0 Å². The number of nitrogens with zero attached hydrogens (tertiary/aromatic N) is 1. The van der Waals surface area contributed by atoms with E-state index in [4.69, 9.17) is 21.1 Å². The Balaban J connectivity index is 1.55. The number of aromatic nitrogens is 1. The van der Waals surface area contributed by atoms with Crippen molar-refractivity contribution in [1.29, 1.82) is 0 Å². The first-order valence-corrected chi connectivity index (χ1v) is 9.92. The van der Waals surface area contributed by atoms with E-state index in [1.165, 1.54) is 22.3 Å². The van der Waals surface area contributed by atoms with E-state index in [-0.39, 0.29) is 0 Å². The molecule has 0 aliphatic heterocycles. The Kier molecular flexibility index (Phi) is 5.01. The number of hydrogen-bond acceptors (Lipinski definition) is 4.